The van der Waals surface area contributed by atoms with E-state index in [0.717, 1.165) is 16.6 Å². The lowest BCUT2D eigenvalue weighted by Gasteiger charge is -2.26. The molecule has 3 rings (SSSR count). The average Bonchev–Trinajstić information content (AvgIpc) is 3.04. The molecule has 32 heavy (non-hydrogen) atoms. The largest absolute Gasteiger partial charge is 0.598 e. The molecular weight excluding hydrogens is 424 g/mol. The molecule has 2 N–H and O–H groups in total. The third-order valence-electron chi connectivity index (χ3n) is 4.66. The highest BCUT2D eigenvalue weighted by Gasteiger charge is 2.28. The van der Waals surface area contributed by atoms with E-state index in [-0.39, 0.29) is 10.8 Å². The average molecular weight is 457 g/mol. The van der Waals surface area contributed by atoms with Crippen LogP contribution in [0.25, 0.3) is 16.6 Å². The normalized spacial score (nSPS) is 14.2. The Labute approximate surface area is 192 Å². The minimum absolute atomic E-state index is 0.136. The number of carbonyl (C=O) groups is 1. The topological polar surface area (TPSA) is 91.2 Å². The van der Waals surface area contributed by atoms with Crippen LogP contribution in [-0.4, -0.2) is 30.8 Å². The van der Waals surface area contributed by atoms with Crippen LogP contribution in [-0.2, 0) is 16.1 Å². The van der Waals surface area contributed by atoms with Crippen molar-refractivity contribution >= 4 is 34.2 Å². The van der Waals surface area contributed by atoms with E-state index in [2.05, 4.69) is 10.0 Å². The molecular formula is C24H32N4O3S. The van der Waals surface area contributed by atoms with E-state index in [1.54, 1.807) is 4.68 Å². The van der Waals surface area contributed by atoms with E-state index < -0.39 is 23.1 Å². The van der Waals surface area contributed by atoms with Gasteiger partial charge in [-0.3, -0.25) is 5.32 Å². The molecule has 8 heteroatoms. The fourth-order valence-electron chi connectivity index (χ4n) is 3.05. The summed E-state index contributed by atoms with van der Waals surface area (Å²) in [6.45, 7) is 13.2. The molecule has 0 aliphatic rings. The summed E-state index contributed by atoms with van der Waals surface area (Å²) in [6, 6.07) is 15.3. The van der Waals surface area contributed by atoms with Crippen LogP contribution in [0.2, 0.25) is 0 Å². The molecule has 0 fully saturated rings. The fourth-order valence-corrected chi connectivity index (χ4v) is 3.87. The summed E-state index contributed by atoms with van der Waals surface area (Å²) >= 11 is -1.20. The first kappa shape index (κ1) is 24.1. The number of anilines is 1. The second-order valence-electron chi connectivity index (χ2n) is 9.72. The van der Waals surface area contributed by atoms with Gasteiger partial charge in [0.1, 0.15) is 16.2 Å². The second-order valence-corrected chi connectivity index (χ2v) is 11.7. The number of amides is 1. The summed E-state index contributed by atoms with van der Waals surface area (Å²) in [7, 11) is 0. The Balaban J connectivity index is 2.00. The van der Waals surface area contributed by atoms with E-state index >= 15 is 0 Å². The first-order valence-corrected chi connectivity index (χ1v) is 11.8. The predicted molar refractivity (Wildman–Crippen MR) is 130 cm³/mol. The zero-order valence-electron chi connectivity index (χ0n) is 19.7. The number of hydrogen-bond acceptors (Lipinski definition) is 5. The van der Waals surface area contributed by atoms with E-state index in [0.29, 0.717) is 11.3 Å². The number of nitrogens with zero attached hydrogens (tertiary/aromatic N) is 2. The molecule has 0 saturated carbocycles. The molecule has 1 amide bonds. The van der Waals surface area contributed by atoms with Gasteiger partial charge in [0.15, 0.2) is 0 Å². The summed E-state index contributed by atoms with van der Waals surface area (Å²) in [5, 5.41) is 8.40. The van der Waals surface area contributed by atoms with Crippen LogP contribution in [0.4, 0.5) is 10.6 Å². The van der Waals surface area contributed by atoms with E-state index in [1.165, 1.54) is 0 Å². The summed E-state index contributed by atoms with van der Waals surface area (Å²) in [4.78, 5) is 12.5. The maximum atomic E-state index is 12.5. The van der Waals surface area contributed by atoms with Crippen molar-refractivity contribution in [1.29, 1.82) is 0 Å². The molecule has 1 unspecified atom stereocenters. The van der Waals surface area contributed by atoms with Gasteiger partial charge in [-0.25, -0.2) is 9.48 Å². The summed E-state index contributed by atoms with van der Waals surface area (Å²) in [5.74, 6) is 0.533. The predicted octanol–water partition coefficient (Wildman–Crippen LogP) is 5.49. The van der Waals surface area contributed by atoms with Gasteiger partial charge in [-0.05, 0) is 78.3 Å². The molecule has 0 radical (unpaired) electrons. The Morgan fingerprint density at radius 1 is 1.09 bits per heavy atom. The van der Waals surface area contributed by atoms with Crippen LogP contribution in [0, 0.1) is 0 Å². The molecule has 0 bridgehead atoms. The van der Waals surface area contributed by atoms with Gasteiger partial charge in [0.05, 0.1) is 17.2 Å². The highest BCUT2D eigenvalue weighted by molar-refractivity contribution is 7.90. The lowest BCUT2D eigenvalue weighted by Crippen LogP contribution is -2.40. The van der Waals surface area contributed by atoms with Gasteiger partial charge in [-0.1, -0.05) is 24.3 Å². The lowest BCUT2D eigenvalue weighted by atomic mass is 10.1. The maximum Gasteiger partial charge on any atom is 0.413 e. The van der Waals surface area contributed by atoms with Gasteiger partial charge < -0.3 is 9.29 Å². The van der Waals surface area contributed by atoms with Crippen molar-refractivity contribution in [3.8, 4) is 5.69 Å². The van der Waals surface area contributed by atoms with Crippen molar-refractivity contribution < 1.29 is 14.1 Å². The van der Waals surface area contributed by atoms with E-state index in [9.17, 15) is 9.35 Å². The van der Waals surface area contributed by atoms with Crippen molar-refractivity contribution in [2.75, 3.05) is 5.32 Å². The van der Waals surface area contributed by atoms with Gasteiger partial charge in [-0.2, -0.15) is 5.10 Å². The first-order chi connectivity index (χ1) is 14.8. The summed E-state index contributed by atoms with van der Waals surface area (Å²) < 4.78 is 22.5. The second kappa shape index (κ2) is 9.13. The quantitative estimate of drug-likeness (QED) is 0.496. The Bertz CT molecular complexity index is 1080. The molecule has 1 heterocycles. The molecule has 0 spiro atoms. The highest BCUT2D eigenvalue weighted by Crippen LogP contribution is 2.30. The molecule has 1 aromatic heterocycles. The minimum Gasteiger partial charge on any atom is -0.598 e. The fraction of sp³-hybridized carbons (Fsp3) is 0.417. The first-order valence-electron chi connectivity index (χ1n) is 10.6. The van der Waals surface area contributed by atoms with E-state index in [1.807, 2.05) is 97.0 Å². The SMILES string of the molecule is CC(N[S@@+]([O-])C(C)(C)C)c1ccc2c(NC(=O)OC(C)(C)C)n(-c3ccccc3)nc2c1. The number of nitrogens with one attached hydrogen (secondary N) is 2. The Morgan fingerprint density at radius 3 is 2.34 bits per heavy atom. The molecule has 172 valence electrons. The number of carbonyl (C=O) groups excluding carboxylic acids is 1. The van der Waals surface area contributed by atoms with Crippen molar-refractivity contribution in [1.82, 2.24) is 14.5 Å². The Morgan fingerprint density at radius 2 is 1.75 bits per heavy atom. The molecule has 3 aromatic rings. The number of para-hydroxylation sites is 1. The number of rotatable bonds is 5. The third-order valence-corrected chi connectivity index (χ3v) is 6.34. The number of ether oxygens (including phenoxy) is 1. The standard InChI is InChI=1S/C24H32N4O3S/c1-16(27-32(30)24(5,6)7)17-13-14-19-20(15-17)26-28(18-11-9-8-10-12-18)21(19)25-22(29)31-23(2,3)4/h8-16,27H,1-7H3,(H,25,29)/t16?,32-/m0/s1. The van der Waals surface area contributed by atoms with Gasteiger partial charge >= 0.3 is 6.09 Å². The molecule has 0 aliphatic heterocycles. The van der Waals surface area contributed by atoms with Crippen LogP contribution in [0.15, 0.2) is 48.5 Å². The molecule has 0 aliphatic carbocycles. The molecule has 2 atom stereocenters. The summed E-state index contributed by atoms with van der Waals surface area (Å²) in [6.07, 6.45) is -0.545. The van der Waals surface area contributed by atoms with Crippen molar-refractivity contribution in [3.63, 3.8) is 0 Å². The smallest absolute Gasteiger partial charge is 0.413 e. The van der Waals surface area contributed by atoms with E-state index in [4.69, 9.17) is 9.84 Å². The zero-order chi connectivity index (χ0) is 23.7. The molecule has 7 nitrogen and oxygen atoms in total. The van der Waals surface area contributed by atoms with Crippen LogP contribution in [0.5, 0.6) is 0 Å². The van der Waals surface area contributed by atoms with Gasteiger partial charge in [-0.15, -0.1) is 4.72 Å². The zero-order valence-corrected chi connectivity index (χ0v) is 20.5. The Hall–Kier alpha value is -2.55. The van der Waals surface area contributed by atoms with Crippen LogP contribution >= 0.6 is 0 Å². The lowest BCUT2D eigenvalue weighted by molar-refractivity contribution is 0.0635. The summed E-state index contributed by atoms with van der Waals surface area (Å²) in [5.41, 5.74) is 1.87. The molecule has 2 aromatic carbocycles. The maximum absolute atomic E-state index is 12.5. The van der Waals surface area contributed by atoms with Crippen LogP contribution in [0.3, 0.4) is 0 Å². The van der Waals surface area contributed by atoms with Crippen molar-refractivity contribution in [2.45, 2.75) is 64.9 Å². The van der Waals surface area contributed by atoms with Gasteiger partial charge in [0.2, 0.25) is 0 Å². The highest BCUT2D eigenvalue weighted by atomic mass is 32.2. The van der Waals surface area contributed by atoms with Crippen LogP contribution < -0.4 is 10.0 Å². The number of aromatic nitrogens is 2. The third kappa shape index (κ3) is 5.82. The number of fused-ring (bicyclic) bond motifs is 1. The van der Waals surface area contributed by atoms with Crippen LogP contribution in [0.1, 0.15) is 60.1 Å². The monoisotopic (exact) mass is 456 g/mol. The van der Waals surface area contributed by atoms with Gasteiger partial charge in [0, 0.05) is 16.7 Å². The molecule has 0 saturated heterocycles. The number of hydrogen-bond donors (Lipinski definition) is 2. The number of benzene rings is 2. The Kier molecular flexibility index (Phi) is 6.88. The van der Waals surface area contributed by atoms with Crippen molar-refractivity contribution in [3.05, 3.63) is 54.1 Å². The van der Waals surface area contributed by atoms with Crippen molar-refractivity contribution in [2.24, 2.45) is 0 Å². The van der Waals surface area contributed by atoms with Gasteiger partial charge in [0.25, 0.3) is 0 Å². The minimum atomic E-state index is -1.20.